The Bertz CT molecular complexity index is 746. The average Bonchev–Trinajstić information content (AvgIpc) is 3.06. The number of rotatable bonds is 5. The third-order valence-corrected chi connectivity index (χ3v) is 10.4. The second-order valence-corrected chi connectivity index (χ2v) is 11.7. The van der Waals surface area contributed by atoms with Gasteiger partial charge in [-0.15, -0.1) is 0 Å². The number of aliphatic carboxylic acids is 1. The molecule has 31 heavy (non-hydrogen) atoms. The predicted molar refractivity (Wildman–Crippen MR) is 117 cm³/mol. The highest BCUT2D eigenvalue weighted by Gasteiger charge is 2.64. The van der Waals surface area contributed by atoms with E-state index in [9.17, 15) is 14.4 Å². The average molecular weight is 433 g/mol. The van der Waals surface area contributed by atoms with E-state index in [0.717, 1.165) is 32.1 Å². The fraction of sp³-hybridized carbons (Fsp3) is 0.885. The Hall–Kier alpha value is -1.39. The van der Waals surface area contributed by atoms with Crippen molar-refractivity contribution in [1.82, 2.24) is 0 Å². The topological polar surface area (TPSA) is 80.7 Å². The Morgan fingerprint density at radius 1 is 1.13 bits per heavy atom. The third kappa shape index (κ3) is 3.74. The van der Waals surface area contributed by atoms with E-state index < -0.39 is 5.97 Å². The van der Waals surface area contributed by atoms with E-state index in [4.69, 9.17) is 9.84 Å². The molecule has 5 nitrogen and oxygen atoms in total. The van der Waals surface area contributed by atoms with E-state index >= 15 is 0 Å². The fourth-order valence-electron chi connectivity index (χ4n) is 8.76. The van der Waals surface area contributed by atoms with E-state index in [0.29, 0.717) is 48.2 Å². The predicted octanol–water partition coefficient (Wildman–Crippen LogP) is 5.26. The molecule has 9 unspecified atom stereocenters. The standard InChI is InChI=1S/C26H40O5/c1-15(5-10-24(29)30)20-8-9-21-19-7-6-17-13-18(31-16(2)27)11-12-25(17,3)22(19)14-23(28)26(20,21)4/h15,17-22H,5-14H2,1-4H3,(H,29,30). The molecular weight excluding hydrogens is 392 g/mol. The third-order valence-electron chi connectivity index (χ3n) is 10.4. The summed E-state index contributed by atoms with van der Waals surface area (Å²) >= 11 is 0. The Morgan fingerprint density at radius 2 is 1.87 bits per heavy atom. The van der Waals surface area contributed by atoms with Crippen LogP contribution >= 0.6 is 0 Å². The number of ether oxygens (including phenoxy) is 1. The summed E-state index contributed by atoms with van der Waals surface area (Å²) in [6, 6.07) is 0. The van der Waals surface area contributed by atoms with Crippen LogP contribution in [0.5, 0.6) is 0 Å². The first kappa shape index (κ1) is 22.8. The molecular formula is C26H40O5. The van der Waals surface area contributed by atoms with Crippen molar-refractivity contribution in [3.05, 3.63) is 0 Å². The molecule has 0 heterocycles. The molecule has 0 spiro atoms. The number of carboxylic acid groups (broad SMARTS) is 1. The van der Waals surface area contributed by atoms with Crippen LogP contribution in [0.3, 0.4) is 0 Å². The molecule has 5 heteroatoms. The van der Waals surface area contributed by atoms with Crippen molar-refractivity contribution in [2.24, 2.45) is 46.3 Å². The maximum Gasteiger partial charge on any atom is 0.303 e. The number of carbonyl (C=O) groups is 3. The van der Waals surface area contributed by atoms with Crippen molar-refractivity contribution in [3.63, 3.8) is 0 Å². The van der Waals surface area contributed by atoms with E-state index in [2.05, 4.69) is 20.8 Å². The van der Waals surface area contributed by atoms with Gasteiger partial charge in [0.2, 0.25) is 0 Å². The van der Waals surface area contributed by atoms with Gasteiger partial charge >= 0.3 is 11.9 Å². The van der Waals surface area contributed by atoms with Gasteiger partial charge in [0.05, 0.1) is 0 Å². The zero-order valence-corrected chi connectivity index (χ0v) is 19.7. The molecule has 0 aromatic rings. The molecule has 0 aliphatic heterocycles. The van der Waals surface area contributed by atoms with Crippen molar-refractivity contribution in [2.45, 2.75) is 98.0 Å². The summed E-state index contributed by atoms with van der Waals surface area (Å²) in [5.41, 5.74) is -0.110. The van der Waals surface area contributed by atoms with Crippen molar-refractivity contribution >= 4 is 17.7 Å². The zero-order valence-electron chi connectivity index (χ0n) is 19.7. The van der Waals surface area contributed by atoms with Crippen LogP contribution in [0.15, 0.2) is 0 Å². The number of esters is 1. The van der Waals surface area contributed by atoms with E-state index in [1.165, 1.54) is 19.8 Å². The molecule has 4 saturated carbocycles. The minimum atomic E-state index is -0.739. The molecule has 4 fully saturated rings. The fourth-order valence-corrected chi connectivity index (χ4v) is 8.76. The quantitative estimate of drug-likeness (QED) is 0.600. The van der Waals surface area contributed by atoms with E-state index in [-0.39, 0.29) is 35.2 Å². The number of Topliss-reactive ketones (excluding diaryl/α,β-unsaturated/α-hetero) is 1. The maximum atomic E-state index is 13.7. The van der Waals surface area contributed by atoms with Gasteiger partial charge in [0, 0.05) is 25.2 Å². The van der Waals surface area contributed by atoms with Crippen LogP contribution in [0.4, 0.5) is 0 Å². The minimum Gasteiger partial charge on any atom is -0.481 e. The molecule has 9 atom stereocenters. The normalized spacial score (nSPS) is 45.2. The molecule has 4 rings (SSSR count). The minimum absolute atomic E-state index is 0.0441. The first-order valence-corrected chi connectivity index (χ1v) is 12.5. The van der Waals surface area contributed by atoms with Crippen LogP contribution in [-0.4, -0.2) is 28.9 Å². The van der Waals surface area contributed by atoms with Crippen molar-refractivity contribution in [3.8, 4) is 0 Å². The maximum absolute atomic E-state index is 13.7. The van der Waals surface area contributed by atoms with Gasteiger partial charge < -0.3 is 9.84 Å². The highest BCUT2D eigenvalue weighted by Crippen LogP contribution is 2.67. The second kappa shape index (κ2) is 8.19. The summed E-state index contributed by atoms with van der Waals surface area (Å²) in [6.45, 7) is 8.29. The number of carboxylic acids is 1. The molecule has 0 bridgehead atoms. The molecule has 4 aliphatic rings. The largest absolute Gasteiger partial charge is 0.481 e. The molecule has 1 N–H and O–H groups in total. The number of hydrogen-bond donors (Lipinski definition) is 1. The van der Waals surface area contributed by atoms with Gasteiger partial charge in [-0.3, -0.25) is 14.4 Å². The summed E-state index contributed by atoms with van der Waals surface area (Å²) in [6.07, 6.45) is 9.04. The highest BCUT2D eigenvalue weighted by atomic mass is 16.5. The lowest BCUT2D eigenvalue weighted by atomic mass is 9.44. The van der Waals surface area contributed by atoms with E-state index in [1.807, 2.05) is 0 Å². The highest BCUT2D eigenvalue weighted by molar-refractivity contribution is 5.87. The summed E-state index contributed by atoms with van der Waals surface area (Å²) in [5.74, 6) is 2.14. The van der Waals surface area contributed by atoms with Gasteiger partial charge in [-0.1, -0.05) is 20.8 Å². The Kier molecular flexibility index (Phi) is 6.02. The lowest BCUT2D eigenvalue weighted by Crippen LogP contribution is -2.57. The lowest BCUT2D eigenvalue weighted by Gasteiger charge is -2.60. The van der Waals surface area contributed by atoms with Gasteiger partial charge in [0.25, 0.3) is 0 Å². The molecule has 4 aliphatic carbocycles. The van der Waals surface area contributed by atoms with Crippen LogP contribution in [0.1, 0.15) is 91.9 Å². The number of fused-ring (bicyclic) bond motifs is 5. The molecule has 0 aromatic heterocycles. The monoisotopic (exact) mass is 432 g/mol. The molecule has 0 radical (unpaired) electrons. The van der Waals surface area contributed by atoms with Gasteiger partial charge in [0.1, 0.15) is 11.9 Å². The first-order valence-electron chi connectivity index (χ1n) is 12.5. The lowest BCUT2D eigenvalue weighted by molar-refractivity contribution is -0.167. The van der Waals surface area contributed by atoms with Gasteiger partial charge in [0.15, 0.2) is 0 Å². The molecule has 0 saturated heterocycles. The van der Waals surface area contributed by atoms with Crippen molar-refractivity contribution in [1.29, 1.82) is 0 Å². The van der Waals surface area contributed by atoms with Crippen LogP contribution < -0.4 is 0 Å². The number of ketones is 1. The van der Waals surface area contributed by atoms with Gasteiger partial charge in [-0.05, 0) is 92.3 Å². The molecule has 0 amide bonds. The Labute approximate surface area is 186 Å². The van der Waals surface area contributed by atoms with Gasteiger partial charge in [-0.25, -0.2) is 0 Å². The Balaban J connectivity index is 1.52. The van der Waals surface area contributed by atoms with Crippen LogP contribution in [0.2, 0.25) is 0 Å². The van der Waals surface area contributed by atoms with Crippen LogP contribution in [0, 0.1) is 46.3 Å². The smallest absolute Gasteiger partial charge is 0.303 e. The summed E-state index contributed by atoms with van der Waals surface area (Å²) in [7, 11) is 0. The van der Waals surface area contributed by atoms with Crippen molar-refractivity contribution in [2.75, 3.05) is 0 Å². The Morgan fingerprint density at radius 3 is 2.55 bits per heavy atom. The number of carbonyl (C=O) groups excluding carboxylic acids is 2. The van der Waals surface area contributed by atoms with Crippen molar-refractivity contribution < 1.29 is 24.2 Å². The molecule has 174 valence electrons. The van der Waals surface area contributed by atoms with Crippen LogP contribution in [-0.2, 0) is 19.1 Å². The van der Waals surface area contributed by atoms with E-state index in [1.54, 1.807) is 0 Å². The van der Waals surface area contributed by atoms with Crippen LogP contribution in [0.25, 0.3) is 0 Å². The summed E-state index contributed by atoms with van der Waals surface area (Å²) in [5, 5.41) is 9.12. The second-order valence-electron chi connectivity index (χ2n) is 11.7. The SMILES string of the molecule is CC(=O)OC1CCC2(C)C(CCC3C2CC(=O)C2(C)C(C(C)CCC(=O)O)CCC32)C1. The zero-order chi connectivity index (χ0) is 22.6. The first-order chi connectivity index (χ1) is 14.6. The summed E-state index contributed by atoms with van der Waals surface area (Å²) in [4.78, 5) is 36.3. The number of hydrogen-bond acceptors (Lipinski definition) is 4. The summed E-state index contributed by atoms with van der Waals surface area (Å²) < 4.78 is 5.56. The molecule has 0 aromatic carbocycles. The van der Waals surface area contributed by atoms with Gasteiger partial charge in [-0.2, -0.15) is 0 Å².